The Kier molecular flexibility index (Phi) is 6.89. The van der Waals surface area contributed by atoms with E-state index in [0.29, 0.717) is 32.1 Å². The van der Waals surface area contributed by atoms with Crippen LogP contribution >= 0.6 is 34.8 Å². The summed E-state index contributed by atoms with van der Waals surface area (Å²) in [5.74, 6) is -0.406. The fourth-order valence-corrected chi connectivity index (χ4v) is 4.73. The predicted molar refractivity (Wildman–Crippen MR) is 128 cm³/mol. The zero-order valence-corrected chi connectivity index (χ0v) is 19.8. The molecule has 1 fully saturated rings. The molecule has 0 aliphatic heterocycles. The van der Waals surface area contributed by atoms with Gasteiger partial charge >= 0.3 is 0 Å². The lowest BCUT2D eigenvalue weighted by Gasteiger charge is -2.20. The fourth-order valence-electron chi connectivity index (χ4n) is 4.11. The SMILES string of the molecule is Cc1c(C(=O)NC(=O)C2CCCCC2)nc(-c2ccc(Cl)cc2Cl)n1-c1ccc(Cl)cc1. The second-order valence-corrected chi connectivity index (χ2v) is 9.24. The lowest BCUT2D eigenvalue weighted by atomic mass is 9.88. The number of nitrogens with one attached hydrogen (secondary N) is 1. The van der Waals surface area contributed by atoms with Crippen molar-refractivity contribution in [2.45, 2.75) is 39.0 Å². The Balaban J connectivity index is 1.76. The molecule has 0 bridgehead atoms. The van der Waals surface area contributed by atoms with Crippen molar-refractivity contribution in [1.82, 2.24) is 14.9 Å². The van der Waals surface area contributed by atoms with Crippen molar-refractivity contribution in [2.24, 2.45) is 5.92 Å². The van der Waals surface area contributed by atoms with E-state index in [1.165, 1.54) is 0 Å². The van der Waals surface area contributed by atoms with Gasteiger partial charge in [-0.1, -0.05) is 54.1 Å². The molecule has 0 spiro atoms. The van der Waals surface area contributed by atoms with E-state index in [1.807, 2.05) is 16.7 Å². The molecule has 8 heteroatoms. The largest absolute Gasteiger partial charge is 0.296 e. The monoisotopic (exact) mass is 489 g/mol. The Morgan fingerprint density at radius 2 is 1.62 bits per heavy atom. The van der Waals surface area contributed by atoms with E-state index in [9.17, 15) is 9.59 Å². The normalized spacial score (nSPS) is 14.4. The second kappa shape index (κ2) is 9.65. The molecule has 0 radical (unpaired) electrons. The molecule has 1 aliphatic carbocycles. The molecule has 5 nitrogen and oxygen atoms in total. The van der Waals surface area contributed by atoms with Crippen molar-refractivity contribution in [1.29, 1.82) is 0 Å². The summed E-state index contributed by atoms with van der Waals surface area (Å²) in [4.78, 5) is 30.3. The Morgan fingerprint density at radius 1 is 0.969 bits per heavy atom. The van der Waals surface area contributed by atoms with Gasteiger partial charge in [0.25, 0.3) is 5.91 Å². The first-order valence-electron chi connectivity index (χ1n) is 10.5. The van der Waals surface area contributed by atoms with E-state index >= 15 is 0 Å². The van der Waals surface area contributed by atoms with Gasteiger partial charge < -0.3 is 0 Å². The molecule has 2 aromatic carbocycles. The van der Waals surface area contributed by atoms with Crippen LogP contribution in [-0.4, -0.2) is 21.4 Å². The number of hydrogen-bond donors (Lipinski definition) is 1. The van der Waals surface area contributed by atoms with Gasteiger partial charge in [0.1, 0.15) is 5.82 Å². The molecular weight excluding hydrogens is 469 g/mol. The third-order valence-electron chi connectivity index (χ3n) is 5.79. The summed E-state index contributed by atoms with van der Waals surface area (Å²) in [5.41, 5.74) is 2.14. The zero-order valence-electron chi connectivity index (χ0n) is 17.5. The van der Waals surface area contributed by atoms with Crippen molar-refractivity contribution < 1.29 is 9.59 Å². The average Bonchev–Trinajstić information content (AvgIpc) is 3.12. The van der Waals surface area contributed by atoms with E-state index < -0.39 is 5.91 Å². The van der Waals surface area contributed by atoms with E-state index in [4.69, 9.17) is 34.8 Å². The second-order valence-electron chi connectivity index (χ2n) is 7.96. The standard InChI is InChI=1S/C24H22Cl3N3O2/c1-14-21(24(32)29-23(31)15-5-3-2-4-6-15)28-22(19-12-9-17(26)13-20(19)27)30(14)18-10-7-16(25)8-11-18/h7-13,15H,2-6H2,1H3,(H,29,31,32). The van der Waals surface area contributed by atoms with E-state index in [2.05, 4.69) is 10.3 Å². The lowest BCUT2D eigenvalue weighted by Crippen LogP contribution is -2.37. The van der Waals surface area contributed by atoms with Crippen molar-refractivity contribution in [3.63, 3.8) is 0 Å². The van der Waals surface area contributed by atoms with E-state index in [1.54, 1.807) is 37.3 Å². The number of carbonyl (C=O) groups is 2. The van der Waals surface area contributed by atoms with Crippen molar-refractivity contribution in [2.75, 3.05) is 0 Å². The Bertz CT molecular complexity index is 1170. The molecule has 1 heterocycles. The van der Waals surface area contributed by atoms with Crippen LogP contribution in [-0.2, 0) is 4.79 Å². The van der Waals surface area contributed by atoms with Crippen molar-refractivity contribution in [3.8, 4) is 17.1 Å². The topological polar surface area (TPSA) is 64.0 Å². The van der Waals surface area contributed by atoms with Gasteiger partial charge in [0, 0.05) is 27.2 Å². The number of nitrogens with zero attached hydrogens (tertiary/aromatic N) is 2. The molecule has 1 aliphatic rings. The number of imidazole rings is 1. The highest BCUT2D eigenvalue weighted by atomic mass is 35.5. The highest BCUT2D eigenvalue weighted by Gasteiger charge is 2.27. The highest BCUT2D eigenvalue weighted by Crippen LogP contribution is 2.33. The minimum absolute atomic E-state index is 0.128. The van der Waals surface area contributed by atoms with Crippen molar-refractivity contribution in [3.05, 3.63) is 68.9 Å². The van der Waals surface area contributed by atoms with Gasteiger partial charge in [0.2, 0.25) is 5.91 Å². The molecule has 0 unspecified atom stereocenters. The molecule has 32 heavy (non-hydrogen) atoms. The molecule has 166 valence electrons. The first-order valence-corrected chi connectivity index (χ1v) is 11.6. The number of carbonyl (C=O) groups excluding carboxylic acids is 2. The van der Waals surface area contributed by atoms with Crippen LogP contribution in [0.4, 0.5) is 0 Å². The summed E-state index contributed by atoms with van der Waals surface area (Å²) in [6, 6.07) is 12.3. The van der Waals surface area contributed by atoms with Gasteiger partial charge in [0.15, 0.2) is 5.69 Å². The Morgan fingerprint density at radius 3 is 2.28 bits per heavy atom. The molecular formula is C24H22Cl3N3O2. The minimum Gasteiger partial charge on any atom is -0.296 e. The van der Waals surface area contributed by atoms with Gasteiger partial charge in [-0.15, -0.1) is 0 Å². The predicted octanol–water partition coefficient (Wildman–Crippen LogP) is 6.64. The molecule has 0 saturated heterocycles. The molecule has 3 aromatic rings. The summed E-state index contributed by atoms with van der Waals surface area (Å²) in [5, 5.41) is 4.05. The first kappa shape index (κ1) is 22.8. The maximum Gasteiger partial charge on any atom is 0.278 e. The zero-order chi connectivity index (χ0) is 22.8. The maximum atomic E-state index is 13.1. The minimum atomic E-state index is -0.517. The van der Waals surface area contributed by atoms with Crippen molar-refractivity contribution >= 4 is 46.6 Å². The first-order chi connectivity index (χ1) is 15.3. The fraction of sp³-hybridized carbons (Fsp3) is 0.292. The Labute approximate surface area is 201 Å². The molecule has 1 saturated carbocycles. The van der Waals surface area contributed by atoms with Crippen LogP contribution < -0.4 is 5.32 Å². The number of hydrogen-bond acceptors (Lipinski definition) is 3. The van der Waals surface area contributed by atoms with Gasteiger partial charge in [0.05, 0.1) is 10.7 Å². The number of imide groups is 1. The molecule has 1 aromatic heterocycles. The smallest absolute Gasteiger partial charge is 0.278 e. The summed E-state index contributed by atoms with van der Waals surface area (Å²) in [7, 11) is 0. The third-order valence-corrected chi connectivity index (χ3v) is 6.59. The van der Waals surface area contributed by atoms with Crippen LogP contribution in [0.1, 0.15) is 48.3 Å². The number of amides is 2. The number of halogens is 3. The maximum absolute atomic E-state index is 13.1. The highest BCUT2D eigenvalue weighted by molar-refractivity contribution is 6.36. The van der Waals surface area contributed by atoms with Crippen LogP contribution in [0.2, 0.25) is 15.1 Å². The molecule has 4 rings (SSSR count). The average molecular weight is 491 g/mol. The lowest BCUT2D eigenvalue weighted by molar-refractivity contribution is -0.124. The van der Waals surface area contributed by atoms with Crippen LogP contribution in [0.5, 0.6) is 0 Å². The van der Waals surface area contributed by atoms with Crippen LogP contribution in [0, 0.1) is 12.8 Å². The Hall–Kier alpha value is -2.34. The number of rotatable bonds is 4. The van der Waals surface area contributed by atoms with Crippen LogP contribution in [0.15, 0.2) is 42.5 Å². The van der Waals surface area contributed by atoms with Gasteiger partial charge in [-0.05, 0) is 62.2 Å². The summed E-state index contributed by atoms with van der Waals surface area (Å²) in [6.45, 7) is 1.79. The quantitative estimate of drug-likeness (QED) is 0.417. The van der Waals surface area contributed by atoms with E-state index in [-0.39, 0.29) is 17.5 Å². The van der Waals surface area contributed by atoms with E-state index in [0.717, 1.165) is 37.8 Å². The third kappa shape index (κ3) is 4.70. The molecule has 1 N–H and O–H groups in total. The van der Waals surface area contributed by atoms with Gasteiger partial charge in [-0.3, -0.25) is 19.5 Å². The van der Waals surface area contributed by atoms with Crippen LogP contribution in [0.25, 0.3) is 17.1 Å². The van der Waals surface area contributed by atoms with Gasteiger partial charge in [-0.2, -0.15) is 0 Å². The number of benzene rings is 2. The molecule has 2 amide bonds. The summed E-state index contributed by atoms with van der Waals surface area (Å²) >= 11 is 18.6. The summed E-state index contributed by atoms with van der Waals surface area (Å²) in [6.07, 6.45) is 4.77. The van der Waals surface area contributed by atoms with Crippen LogP contribution in [0.3, 0.4) is 0 Å². The van der Waals surface area contributed by atoms with Gasteiger partial charge in [-0.25, -0.2) is 4.98 Å². The number of aromatic nitrogens is 2. The summed E-state index contributed by atoms with van der Waals surface area (Å²) < 4.78 is 1.82. The molecule has 0 atom stereocenters.